The van der Waals surface area contributed by atoms with Crippen molar-refractivity contribution in [1.29, 1.82) is 0 Å². The molecule has 1 aliphatic rings. The van der Waals surface area contributed by atoms with E-state index in [-0.39, 0.29) is 11.9 Å². The molecule has 0 aromatic heterocycles. The molecule has 1 aromatic rings. The summed E-state index contributed by atoms with van der Waals surface area (Å²) in [5.41, 5.74) is 0.885. The molecule has 1 N–H and O–H groups in total. The molecule has 1 unspecified atom stereocenters. The number of benzene rings is 1. The SMILES string of the molecule is COc1c(CC(C)=O)cccc1OC1CCCNC1. The lowest BCUT2D eigenvalue weighted by Gasteiger charge is -2.25. The van der Waals surface area contributed by atoms with Crippen molar-refractivity contribution in [2.24, 2.45) is 0 Å². The third-order valence-corrected chi connectivity index (χ3v) is 3.25. The quantitative estimate of drug-likeness (QED) is 0.882. The van der Waals surface area contributed by atoms with Gasteiger partial charge in [-0.3, -0.25) is 4.79 Å². The topological polar surface area (TPSA) is 47.6 Å². The molecule has 4 heteroatoms. The molecular weight excluding hydrogens is 242 g/mol. The second-order valence-electron chi connectivity index (χ2n) is 4.91. The molecule has 0 saturated carbocycles. The van der Waals surface area contributed by atoms with Crippen molar-refractivity contribution in [3.8, 4) is 11.5 Å². The maximum Gasteiger partial charge on any atom is 0.164 e. The standard InChI is InChI=1S/C15H21NO3/c1-11(17)9-12-5-3-7-14(15(12)18-2)19-13-6-4-8-16-10-13/h3,5,7,13,16H,4,6,8-10H2,1-2H3. The van der Waals surface area contributed by atoms with Crippen LogP contribution in [0.3, 0.4) is 0 Å². The number of rotatable bonds is 5. The molecule has 1 fully saturated rings. The van der Waals surface area contributed by atoms with Gasteiger partial charge in [-0.15, -0.1) is 0 Å². The van der Waals surface area contributed by atoms with Gasteiger partial charge in [-0.05, 0) is 32.4 Å². The zero-order valence-electron chi connectivity index (χ0n) is 11.6. The van der Waals surface area contributed by atoms with E-state index in [2.05, 4.69) is 5.32 Å². The number of piperidine rings is 1. The molecule has 0 amide bonds. The van der Waals surface area contributed by atoms with Gasteiger partial charge in [-0.25, -0.2) is 0 Å². The van der Waals surface area contributed by atoms with Crippen LogP contribution < -0.4 is 14.8 Å². The Bertz CT molecular complexity index is 439. The summed E-state index contributed by atoms with van der Waals surface area (Å²) in [7, 11) is 1.62. The minimum absolute atomic E-state index is 0.120. The number of ether oxygens (including phenoxy) is 2. The number of para-hydroxylation sites is 1. The monoisotopic (exact) mass is 263 g/mol. The van der Waals surface area contributed by atoms with E-state index in [1.807, 2.05) is 18.2 Å². The summed E-state index contributed by atoms with van der Waals surface area (Å²) in [6.45, 7) is 3.50. The first kappa shape index (κ1) is 13.9. The summed E-state index contributed by atoms with van der Waals surface area (Å²) >= 11 is 0. The van der Waals surface area contributed by atoms with E-state index in [0.29, 0.717) is 12.2 Å². The van der Waals surface area contributed by atoms with Gasteiger partial charge in [0.2, 0.25) is 0 Å². The second kappa shape index (κ2) is 6.57. The summed E-state index contributed by atoms with van der Waals surface area (Å²) < 4.78 is 11.4. The minimum Gasteiger partial charge on any atom is -0.493 e. The number of nitrogens with one attached hydrogen (secondary N) is 1. The molecule has 1 aliphatic heterocycles. The van der Waals surface area contributed by atoms with E-state index in [9.17, 15) is 4.79 Å². The zero-order chi connectivity index (χ0) is 13.7. The predicted molar refractivity (Wildman–Crippen MR) is 73.9 cm³/mol. The highest BCUT2D eigenvalue weighted by Gasteiger charge is 2.18. The van der Waals surface area contributed by atoms with Crippen molar-refractivity contribution in [1.82, 2.24) is 5.32 Å². The largest absolute Gasteiger partial charge is 0.493 e. The van der Waals surface area contributed by atoms with Crippen molar-refractivity contribution in [2.45, 2.75) is 32.3 Å². The van der Waals surface area contributed by atoms with E-state index in [4.69, 9.17) is 9.47 Å². The molecule has 1 saturated heterocycles. The Hall–Kier alpha value is -1.55. The molecule has 4 nitrogen and oxygen atoms in total. The molecule has 0 aliphatic carbocycles. The Balaban J connectivity index is 2.16. The van der Waals surface area contributed by atoms with Crippen LogP contribution in [0, 0.1) is 0 Å². The normalized spacial score (nSPS) is 18.9. The number of hydrogen-bond acceptors (Lipinski definition) is 4. The Labute approximate surface area is 114 Å². The Morgan fingerprint density at radius 2 is 2.32 bits per heavy atom. The summed E-state index contributed by atoms with van der Waals surface area (Å²) in [4.78, 5) is 11.3. The van der Waals surface area contributed by atoms with Crippen LogP contribution >= 0.6 is 0 Å². The average Bonchev–Trinajstić information content (AvgIpc) is 2.39. The first-order valence-corrected chi connectivity index (χ1v) is 6.73. The Morgan fingerprint density at radius 3 is 2.95 bits per heavy atom. The highest BCUT2D eigenvalue weighted by Crippen LogP contribution is 2.32. The van der Waals surface area contributed by atoms with Crippen molar-refractivity contribution < 1.29 is 14.3 Å². The highest BCUT2D eigenvalue weighted by molar-refractivity contribution is 5.79. The van der Waals surface area contributed by atoms with Crippen molar-refractivity contribution in [3.05, 3.63) is 23.8 Å². The number of carbonyl (C=O) groups is 1. The van der Waals surface area contributed by atoms with Gasteiger partial charge >= 0.3 is 0 Å². The van der Waals surface area contributed by atoms with Crippen LogP contribution in [0.2, 0.25) is 0 Å². The van der Waals surface area contributed by atoms with Crippen LogP contribution in [-0.4, -0.2) is 32.1 Å². The highest BCUT2D eigenvalue weighted by atomic mass is 16.5. The van der Waals surface area contributed by atoms with E-state index >= 15 is 0 Å². The lowest BCUT2D eigenvalue weighted by atomic mass is 10.1. The molecule has 0 spiro atoms. The van der Waals surface area contributed by atoms with Crippen LogP contribution in [0.15, 0.2) is 18.2 Å². The first-order chi connectivity index (χ1) is 9.20. The van der Waals surface area contributed by atoms with E-state index in [1.54, 1.807) is 14.0 Å². The fraction of sp³-hybridized carbons (Fsp3) is 0.533. The molecule has 104 valence electrons. The van der Waals surface area contributed by atoms with Gasteiger partial charge in [0.1, 0.15) is 11.9 Å². The molecule has 19 heavy (non-hydrogen) atoms. The van der Waals surface area contributed by atoms with Crippen molar-refractivity contribution in [3.63, 3.8) is 0 Å². The lowest BCUT2D eigenvalue weighted by Crippen LogP contribution is -2.37. The van der Waals surface area contributed by atoms with Crippen LogP contribution in [0.25, 0.3) is 0 Å². The summed E-state index contributed by atoms with van der Waals surface area (Å²) in [5.74, 6) is 1.54. The van der Waals surface area contributed by atoms with Crippen LogP contribution in [-0.2, 0) is 11.2 Å². The molecule has 1 heterocycles. The van der Waals surface area contributed by atoms with Gasteiger partial charge < -0.3 is 14.8 Å². The smallest absolute Gasteiger partial charge is 0.164 e. The van der Waals surface area contributed by atoms with E-state index in [1.165, 1.54) is 0 Å². The van der Waals surface area contributed by atoms with Crippen LogP contribution in [0.4, 0.5) is 0 Å². The van der Waals surface area contributed by atoms with Crippen molar-refractivity contribution >= 4 is 5.78 Å². The van der Waals surface area contributed by atoms with Crippen molar-refractivity contribution in [2.75, 3.05) is 20.2 Å². The van der Waals surface area contributed by atoms with E-state index < -0.39 is 0 Å². The Kier molecular flexibility index (Phi) is 4.80. The van der Waals surface area contributed by atoms with Crippen LogP contribution in [0.5, 0.6) is 11.5 Å². The van der Waals surface area contributed by atoms with Crippen LogP contribution in [0.1, 0.15) is 25.3 Å². The van der Waals surface area contributed by atoms with Gasteiger partial charge in [0, 0.05) is 18.5 Å². The maximum atomic E-state index is 11.3. The second-order valence-corrected chi connectivity index (χ2v) is 4.91. The molecule has 0 bridgehead atoms. The van der Waals surface area contributed by atoms with E-state index in [0.717, 1.165) is 37.2 Å². The fourth-order valence-electron chi connectivity index (χ4n) is 2.39. The summed E-state index contributed by atoms with van der Waals surface area (Å²) in [6.07, 6.45) is 2.73. The lowest BCUT2D eigenvalue weighted by molar-refractivity contribution is -0.116. The van der Waals surface area contributed by atoms with Gasteiger partial charge in [0.25, 0.3) is 0 Å². The minimum atomic E-state index is 0.120. The summed E-state index contributed by atoms with van der Waals surface area (Å²) in [5, 5.41) is 3.32. The number of ketones is 1. The number of hydrogen-bond donors (Lipinski definition) is 1. The predicted octanol–water partition coefficient (Wildman–Crippen LogP) is 1.96. The third-order valence-electron chi connectivity index (χ3n) is 3.25. The van der Waals surface area contributed by atoms with Gasteiger partial charge in [-0.1, -0.05) is 12.1 Å². The Morgan fingerprint density at radius 1 is 1.47 bits per heavy atom. The summed E-state index contributed by atoms with van der Waals surface area (Å²) in [6, 6.07) is 5.72. The number of Topliss-reactive ketones (excluding diaryl/α,β-unsaturated/α-hetero) is 1. The zero-order valence-corrected chi connectivity index (χ0v) is 11.6. The van der Waals surface area contributed by atoms with Gasteiger partial charge in [0.05, 0.1) is 7.11 Å². The number of methoxy groups -OCH3 is 1. The first-order valence-electron chi connectivity index (χ1n) is 6.73. The average molecular weight is 263 g/mol. The molecule has 2 rings (SSSR count). The van der Waals surface area contributed by atoms with Gasteiger partial charge in [0.15, 0.2) is 11.5 Å². The molecule has 0 radical (unpaired) electrons. The third kappa shape index (κ3) is 3.70. The maximum absolute atomic E-state index is 11.3. The number of carbonyl (C=O) groups excluding carboxylic acids is 1. The molecular formula is C15H21NO3. The fourth-order valence-corrected chi connectivity index (χ4v) is 2.39. The van der Waals surface area contributed by atoms with Gasteiger partial charge in [-0.2, -0.15) is 0 Å². The molecule has 1 atom stereocenters. The molecule has 1 aromatic carbocycles.